The van der Waals surface area contributed by atoms with E-state index in [1.807, 2.05) is 42.7 Å². The molecule has 1 aliphatic heterocycles. The lowest BCUT2D eigenvalue weighted by atomic mass is 9.96. The van der Waals surface area contributed by atoms with Crippen LogP contribution in [0.15, 0.2) is 35.4 Å². The normalized spacial score (nSPS) is 25.5. The van der Waals surface area contributed by atoms with Crippen molar-refractivity contribution in [1.29, 1.82) is 0 Å². The molecule has 1 aliphatic rings. The highest BCUT2D eigenvalue weighted by Gasteiger charge is 2.41. The van der Waals surface area contributed by atoms with Crippen molar-refractivity contribution in [2.45, 2.75) is 23.4 Å². The highest BCUT2D eigenvalue weighted by Crippen LogP contribution is 2.23. The van der Waals surface area contributed by atoms with E-state index in [-0.39, 0.29) is 30.7 Å². The number of hydrogen-bond donors (Lipinski definition) is 2. The van der Waals surface area contributed by atoms with Gasteiger partial charge in [-0.05, 0) is 37.6 Å². The van der Waals surface area contributed by atoms with E-state index in [1.54, 1.807) is 18.2 Å². The Hall–Kier alpha value is -1.45. The van der Waals surface area contributed by atoms with E-state index in [1.165, 1.54) is 0 Å². The molecule has 2 heterocycles. The summed E-state index contributed by atoms with van der Waals surface area (Å²) in [5.74, 6) is 0. The molecule has 0 amide bonds. The first kappa shape index (κ1) is 18.3. The molecule has 2 N–H and O–H groups in total. The summed E-state index contributed by atoms with van der Waals surface area (Å²) in [6.45, 7) is 2.73. The number of morpholine rings is 1. The zero-order chi connectivity index (χ0) is 18.2. The van der Waals surface area contributed by atoms with Crippen LogP contribution in [0.5, 0.6) is 0 Å². The Labute approximate surface area is 148 Å². The molecule has 0 saturated carbocycles. The minimum Gasteiger partial charge on any atom is -0.394 e. The van der Waals surface area contributed by atoms with Crippen LogP contribution < -0.4 is 4.72 Å². The number of aryl methyl sites for hydroxylation is 1. The zero-order valence-corrected chi connectivity index (χ0v) is 15.6. The molecule has 1 saturated heterocycles. The summed E-state index contributed by atoms with van der Waals surface area (Å²) in [5.41, 5.74) is 0.0892. The second-order valence-electron chi connectivity index (χ2n) is 6.83. The van der Waals surface area contributed by atoms with Crippen molar-refractivity contribution < 1.29 is 18.3 Å². The van der Waals surface area contributed by atoms with Crippen molar-refractivity contribution in [3.8, 4) is 0 Å². The fourth-order valence-corrected chi connectivity index (χ4v) is 4.35. The zero-order valence-electron chi connectivity index (χ0n) is 14.8. The fourth-order valence-electron chi connectivity index (χ4n) is 3.21. The van der Waals surface area contributed by atoms with Crippen molar-refractivity contribution in [3.05, 3.63) is 30.5 Å². The molecule has 138 valence electrons. The Morgan fingerprint density at radius 1 is 1.36 bits per heavy atom. The number of aliphatic hydroxyl groups excluding tert-OH is 1. The number of ether oxygens (including phenoxy) is 1. The van der Waals surface area contributed by atoms with Crippen LogP contribution in [0.3, 0.4) is 0 Å². The van der Waals surface area contributed by atoms with Gasteiger partial charge in [-0.3, -0.25) is 4.90 Å². The van der Waals surface area contributed by atoms with Gasteiger partial charge in [-0.2, -0.15) is 0 Å². The third-order valence-corrected chi connectivity index (χ3v) is 6.59. The van der Waals surface area contributed by atoms with Gasteiger partial charge in [-0.1, -0.05) is 6.07 Å². The minimum absolute atomic E-state index is 0.0812. The van der Waals surface area contributed by atoms with E-state index in [0.29, 0.717) is 6.61 Å². The van der Waals surface area contributed by atoms with Gasteiger partial charge in [0.1, 0.15) is 0 Å². The van der Waals surface area contributed by atoms with Gasteiger partial charge < -0.3 is 14.4 Å². The Kier molecular flexibility index (Phi) is 4.91. The third-order valence-electron chi connectivity index (χ3n) is 5.19. The Bertz CT molecular complexity index is 864. The van der Waals surface area contributed by atoms with Crippen LogP contribution in [0.25, 0.3) is 10.9 Å². The predicted molar refractivity (Wildman–Crippen MR) is 96.0 cm³/mol. The lowest BCUT2D eigenvalue weighted by Crippen LogP contribution is -2.65. The third kappa shape index (κ3) is 3.32. The van der Waals surface area contributed by atoms with Gasteiger partial charge in [0.2, 0.25) is 10.0 Å². The average molecular weight is 367 g/mol. The van der Waals surface area contributed by atoms with Crippen molar-refractivity contribution in [3.63, 3.8) is 0 Å². The standard InChI is InChI=1S/C17H25N3O4S/c1-13-9-24-12-17(11-21,20(13)3)10-18-25(22,23)15-5-4-14-6-7-19(2)16(14)8-15/h4-8,13,18,21H,9-12H2,1-3H3/t13-,17+/m1/s1. The van der Waals surface area contributed by atoms with E-state index >= 15 is 0 Å². The number of sulfonamides is 1. The molecule has 3 rings (SSSR count). The molecule has 1 aromatic carbocycles. The van der Waals surface area contributed by atoms with Gasteiger partial charge in [0.25, 0.3) is 0 Å². The summed E-state index contributed by atoms with van der Waals surface area (Å²) in [4.78, 5) is 2.20. The number of rotatable bonds is 5. The lowest BCUT2D eigenvalue weighted by Gasteiger charge is -2.47. The van der Waals surface area contributed by atoms with Gasteiger partial charge in [-0.15, -0.1) is 0 Å². The van der Waals surface area contributed by atoms with E-state index in [0.717, 1.165) is 10.9 Å². The predicted octanol–water partition coefficient (Wildman–Crippen LogP) is 0.538. The SMILES string of the molecule is C[C@@H]1COC[C@@](CO)(CNS(=O)(=O)c2ccc3ccn(C)c3c2)N1C. The van der Waals surface area contributed by atoms with Crippen LogP contribution in [0.1, 0.15) is 6.92 Å². The minimum atomic E-state index is -3.69. The van der Waals surface area contributed by atoms with Crippen LogP contribution in [-0.4, -0.2) is 68.0 Å². The topological polar surface area (TPSA) is 83.8 Å². The Morgan fingerprint density at radius 2 is 2.12 bits per heavy atom. The maximum absolute atomic E-state index is 12.7. The lowest BCUT2D eigenvalue weighted by molar-refractivity contribution is -0.104. The number of hydrogen-bond acceptors (Lipinski definition) is 5. The Balaban J connectivity index is 1.83. The molecule has 0 spiro atoms. The maximum Gasteiger partial charge on any atom is 0.240 e. The van der Waals surface area contributed by atoms with Crippen LogP contribution in [-0.2, 0) is 21.8 Å². The summed E-state index contributed by atoms with van der Waals surface area (Å²) in [6.07, 6.45) is 1.89. The first-order chi connectivity index (χ1) is 11.8. The van der Waals surface area contributed by atoms with Crippen molar-refractivity contribution >= 4 is 20.9 Å². The highest BCUT2D eigenvalue weighted by molar-refractivity contribution is 7.89. The molecule has 1 fully saturated rings. The van der Waals surface area contributed by atoms with E-state index in [2.05, 4.69) is 4.72 Å². The van der Waals surface area contributed by atoms with E-state index < -0.39 is 15.6 Å². The summed E-state index contributed by atoms with van der Waals surface area (Å²) in [6, 6.07) is 7.09. The quantitative estimate of drug-likeness (QED) is 0.806. The average Bonchev–Trinajstić information content (AvgIpc) is 2.97. The molecule has 25 heavy (non-hydrogen) atoms. The number of likely N-dealkylation sites (N-methyl/N-ethyl adjacent to an activating group) is 1. The molecule has 0 radical (unpaired) electrons. The van der Waals surface area contributed by atoms with Gasteiger partial charge in [-0.25, -0.2) is 13.1 Å². The summed E-state index contributed by atoms with van der Waals surface area (Å²) in [5, 5.41) is 10.9. The number of aliphatic hydroxyl groups is 1. The molecule has 0 bridgehead atoms. The van der Waals surface area contributed by atoms with Crippen LogP contribution >= 0.6 is 0 Å². The van der Waals surface area contributed by atoms with Crippen molar-refractivity contribution in [2.24, 2.45) is 7.05 Å². The first-order valence-corrected chi connectivity index (χ1v) is 9.74. The van der Waals surface area contributed by atoms with Crippen LogP contribution in [0.2, 0.25) is 0 Å². The molecular formula is C17H25N3O4S. The summed E-state index contributed by atoms with van der Waals surface area (Å²) in [7, 11) is 0.0687. The highest BCUT2D eigenvalue weighted by atomic mass is 32.2. The monoisotopic (exact) mass is 367 g/mol. The van der Waals surface area contributed by atoms with Crippen molar-refractivity contribution in [1.82, 2.24) is 14.2 Å². The largest absolute Gasteiger partial charge is 0.394 e. The first-order valence-electron chi connectivity index (χ1n) is 8.25. The molecular weight excluding hydrogens is 342 g/mol. The molecule has 8 heteroatoms. The number of benzene rings is 1. The van der Waals surface area contributed by atoms with Crippen LogP contribution in [0.4, 0.5) is 0 Å². The smallest absolute Gasteiger partial charge is 0.240 e. The number of nitrogens with zero attached hydrogens (tertiary/aromatic N) is 2. The second-order valence-corrected chi connectivity index (χ2v) is 8.60. The molecule has 0 unspecified atom stereocenters. The summed E-state index contributed by atoms with van der Waals surface area (Å²) >= 11 is 0. The number of aromatic nitrogens is 1. The maximum atomic E-state index is 12.7. The number of fused-ring (bicyclic) bond motifs is 1. The fraction of sp³-hybridized carbons (Fsp3) is 0.529. The van der Waals surface area contributed by atoms with Crippen LogP contribution in [0, 0.1) is 0 Å². The Morgan fingerprint density at radius 3 is 2.84 bits per heavy atom. The van der Waals surface area contributed by atoms with Gasteiger partial charge in [0, 0.05) is 31.3 Å². The molecule has 0 aliphatic carbocycles. The molecule has 2 atom stereocenters. The van der Waals surface area contributed by atoms with Gasteiger partial charge in [0.05, 0.1) is 30.3 Å². The number of nitrogens with one attached hydrogen (secondary N) is 1. The molecule has 7 nitrogen and oxygen atoms in total. The van der Waals surface area contributed by atoms with E-state index in [4.69, 9.17) is 4.74 Å². The summed E-state index contributed by atoms with van der Waals surface area (Å²) < 4.78 is 35.6. The molecule has 1 aromatic heterocycles. The van der Waals surface area contributed by atoms with Gasteiger partial charge in [0.15, 0.2) is 0 Å². The second kappa shape index (κ2) is 6.69. The molecule has 2 aromatic rings. The van der Waals surface area contributed by atoms with E-state index in [9.17, 15) is 13.5 Å². The van der Waals surface area contributed by atoms with Gasteiger partial charge >= 0.3 is 0 Å². The van der Waals surface area contributed by atoms with Crippen molar-refractivity contribution in [2.75, 3.05) is 33.4 Å².